The largest absolute Gasteiger partial charge is 0.508 e. The van der Waals surface area contributed by atoms with E-state index in [4.69, 9.17) is 0 Å². The van der Waals surface area contributed by atoms with Gasteiger partial charge in [0.25, 0.3) is 0 Å². The van der Waals surface area contributed by atoms with Crippen LogP contribution in [0, 0.1) is 5.92 Å². The zero-order chi connectivity index (χ0) is 16.1. The van der Waals surface area contributed by atoms with Crippen molar-refractivity contribution in [3.05, 3.63) is 29.3 Å². The van der Waals surface area contributed by atoms with Crippen LogP contribution in [0.4, 0.5) is 0 Å². The molecule has 0 amide bonds. The van der Waals surface area contributed by atoms with Gasteiger partial charge in [-0.05, 0) is 74.4 Å². The second-order valence-electron chi connectivity index (χ2n) is 6.98. The summed E-state index contributed by atoms with van der Waals surface area (Å²) >= 11 is 0. The number of hydrogen-bond donors (Lipinski definition) is 1. The van der Waals surface area contributed by atoms with Crippen LogP contribution in [0.15, 0.2) is 18.2 Å². The molecule has 0 aromatic heterocycles. The Hall–Kier alpha value is -1.02. The van der Waals surface area contributed by atoms with Crippen molar-refractivity contribution < 1.29 is 5.11 Å². The maximum atomic E-state index is 9.92. The number of fused-ring (bicyclic) bond motifs is 1. The van der Waals surface area contributed by atoms with E-state index in [1.165, 1.54) is 49.8 Å². The van der Waals surface area contributed by atoms with Crippen molar-refractivity contribution in [2.45, 2.75) is 71.3 Å². The third-order valence-corrected chi connectivity index (χ3v) is 5.38. The van der Waals surface area contributed by atoms with E-state index in [1.54, 1.807) is 0 Å². The van der Waals surface area contributed by atoms with Crippen molar-refractivity contribution in [3.63, 3.8) is 0 Å². The molecule has 2 nitrogen and oxygen atoms in total. The Bertz CT molecular complexity index is 471. The Morgan fingerprint density at radius 2 is 1.95 bits per heavy atom. The van der Waals surface area contributed by atoms with Crippen LogP contribution in [0.25, 0.3) is 0 Å². The Balaban J connectivity index is 2.34. The standard InChI is InChI=1S/C20H33NO/c1-5-8-12-21(4)20-16(9-6-2)13-15-10-11-17(22)14-19(15)18(20)7-3/h10-11,14,16,18,20,22H,5-9,12-13H2,1-4H3/t16-,18+,20-/m0/s1. The van der Waals surface area contributed by atoms with Crippen molar-refractivity contribution >= 4 is 0 Å². The van der Waals surface area contributed by atoms with E-state index in [0.29, 0.717) is 17.7 Å². The summed E-state index contributed by atoms with van der Waals surface area (Å²) in [7, 11) is 2.30. The molecule has 0 bridgehead atoms. The minimum Gasteiger partial charge on any atom is -0.508 e. The maximum Gasteiger partial charge on any atom is 0.115 e. The molecule has 0 fully saturated rings. The van der Waals surface area contributed by atoms with Crippen LogP contribution in [0.2, 0.25) is 0 Å². The van der Waals surface area contributed by atoms with E-state index in [9.17, 15) is 5.11 Å². The lowest BCUT2D eigenvalue weighted by molar-refractivity contribution is 0.123. The van der Waals surface area contributed by atoms with Gasteiger partial charge in [0.1, 0.15) is 5.75 Å². The summed E-state index contributed by atoms with van der Waals surface area (Å²) in [5.41, 5.74) is 2.85. The summed E-state index contributed by atoms with van der Waals surface area (Å²) in [4.78, 5) is 2.60. The SMILES string of the molecule is CCCCN(C)[C@H]1[C@@H](CCC)Cc2ccc(O)cc2[C@H]1CC. The highest BCUT2D eigenvalue weighted by molar-refractivity contribution is 5.40. The summed E-state index contributed by atoms with van der Waals surface area (Å²) in [5.74, 6) is 1.71. The molecule has 3 atom stereocenters. The van der Waals surface area contributed by atoms with Gasteiger partial charge in [-0.3, -0.25) is 0 Å². The first-order chi connectivity index (χ1) is 10.6. The van der Waals surface area contributed by atoms with Crippen molar-refractivity contribution in [1.29, 1.82) is 0 Å². The smallest absolute Gasteiger partial charge is 0.115 e. The van der Waals surface area contributed by atoms with E-state index in [-0.39, 0.29) is 0 Å². The summed E-state index contributed by atoms with van der Waals surface area (Å²) < 4.78 is 0. The van der Waals surface area contributed by atoms with Crippen LogP contribution in [0.1, 0.15) is 69.9 Å². The number of phenols is 1. The Labute approximate surface area is 136 Å². The molecule has 0 spiro atoms. The highest BCUT2D eigenvalue weighted by Crippen LogP contribution is 2.42. The Morgan fingerprint density at radius 3 is 2.59 bits per heavy atom. The molecule has 1 aromatic carbocycles. The van der Waals surface area contributed by atoms with Crippen molar-refractivity contribution in [2.75, 3.05) is 13.6 Å². The number of nitrogens with zero attached hydrogens (tertiary/aromatic N) is 1. The number of rotatable bonds is 7. The second-order valence-corrected chi connectivity index (χ2v) is 6.98. The van der Waals surface area contributed by atoms with Gasteiger partial charge < -0.3 is 10.0 Å². The van der Waals surface area contributed by atoms with Gasteiger partial charge in [0.15, 0.2) is 0 Å². The monoisotopic (exact) mass is 303 g/mol. The van der Waals surface area contributed by atoms with Crippen molar-refractivity contribution in [2.24, 2.45) is 5.92 Å². The zero-order valence-electron chi connectivity index (χ0n) is 14.8. The van der Waals surface area contributed by atoms with E-state index in [2.05, 4.69) is 38.8 Å². The highest BCUT2D eigenvalue weighted by Gasteiger charge is 2.37. The molecular formula is C20H33NO. The molecule has 0 radical (unpaired) electrons. The summed E-state index contributed by atoms with van der Waals surface area (Å²) in [5, 5.41) is 9.92. The van der Waals surface area contributed by atoms with Crippen LogP contribution >= 0.6 is 0 Å². The number of unbranched alkanes of at least 4 members (excludes halogenated alkanes) is 1. The number of benzene rings is 1. The number of hydrogen-bond acceptors (Lipinski definition) is 2. The van der Waals surface area contributed by atoms with Gasteiger partial charge in [0.2, 0.25) is 0 Å². The third-order valence-electron chi connectivity index (χ3n) is 5.38. The molecule has 1 aliphatic carbocycles. The summed E-state index contributed by atoms with van der Waals surface area (Å²) in [6.45, 7) is 8.05. The van der Waals surface area contributed by atoms with Crippen LogP contribution < -0.4 is 0 Å². The first kappa shape index (κ1) is 17.3. The maximum absolute atomic E-state index is 9.92. The predicted octanol–water partition coefficient (Wildman–Crippen LogP) is 4.96. The fourth-order valence-electron chi connectivity index (χ4n) is 4.36. The fourth-order valence-corrected chi connectivity index (χ4v) is 4.36. The van der Waals surface area contributed by atoms with E-state index >= 15 is 0 Å². The van der Waals surface area contributed by atoms with Crippen LogP contribution in [0.3, 0.4) is 0 Å². The quantitative estimate of drug-likeness (QED) is 0.769. The Morgan fingerprint density at radius 1 is 1.18 bits per heavy atom. The molecular weight excluding hydrogens is 270 g/mol. The Kier molecular flexibility index (Phi) is 6.31. The van der Waals surface area contributed by atoms with Crippen molar-refractivity contribution in [3.8, 4) is 5.75 Å². The summed E-state index contributed by atoms with van der Waals surface area (Å²) in [6, 6.07) is 6.64. The molecule has 0 heterocycles. The molecule has 1 N–H and O–H groups in total. The lowest BCUT2D eigenvalue weighted by Gasteiger charge is -2.44. The second kappa shape index (κ2) is 8.01. The van der Waals surface area contributed by atoms with E-state index in [1.807, 2.05) is 12.1 Å². The number of phenolic OH excluding ortho intramolecular Hbond substituents is 1. The molecule has 1 aromatic rings. The normalized spacial score (nSPS) is 24.5. The molecule has 1 aliphatic rings. The van der Waals surface area contributed by atoms with E-state index in [0.717, 1.165) is 12.3 Å². The zero-order valence-corrected chi connectivity index (χ0v) is 14.8. The lowest BCUT2D eigenvalue weighted by atomic mass is 9.70. The molecule has 0 saturated carbocycles. The topological polar surface area (TPSA) is 23.5 Å². The van der Waals surface area contributed by atoms with Crippen molar-refractivity contribution in [1.82, 2.24) is 4.90 Å². The minimum absolute atomic E-state index is 0.418. The molecule has 0 unspecified atom stereocenters. The van der Waals surface area contributed by atoms with Crippen LogP contribution in [0.5, 0.6) is 5.75 Å². The predicted molar refractivity (Wildman–Crippen MR) is 94.6 cm³/mol. The number of likely N-dealkylation sites (N-methyl/N-ethyl adjacent to an activating group) is 1. The molecule has 124 valence electrons. The average Bonchev–Trinajstić information content (AvgIpc) is 2.51. The van der Waals surface area contributed by atoms with Gasteiger partial charge in [-0.15, -0.1) is 0 Å². The molecule has 22 heavy (non-hydrogen) atoms. The lowest BCUT2D eigenvalue weighted by Crippen LogP contribution is -2.46. The molecule has 2 heteroatoms. The van der Waals surface area contributed by atoms with Gasteiger partial charge in [-0.1, -0.05) is 39.7 Å². The molecule has 0 saturated heterocycles. The molecule has 2 rings (SSSR count). The number of aromatic hydroxyl groups is 1. The fraction of sp³-hybridized carbons (Fsp3) is 0.700. The van der Waals surface area contributed by atoms with Gasteiger partial charge in [-0.25, -0.2) is 0 Å². The molecule has 0 aliphatic heterocycles. The van der Waals surface area contributed by atoms with Gasteiger partial charge in [-0.2, -0.15) is 0 Å². The van der Waals surface area contributed by atoms with Crippen LogP contribution in [-0.4, -0.2) is 29.6 Å². The third kappa shape index (κ3) is 3.65. The van der Waals surface area contributed by atoms with Gasteiger partial charge in [0.05, 0.1) is 0 Å². The van der Waals surface area contributed by atoms with E-state index < -0.39 is 0 Å². The van der Waals surface area contributed by atoms with Gasteiger partial charge >= 0.3 is 0 Å². The van der Waals surface area contributed by atoms with Crippen LogP contribution in [-0.2, 0) is 6.42 Å². The highest BCUT2D eigenvalue weighted by atomic mass is 16.3. The first-order valence-electron chi connectivity index (χ1n) is 9.14. The average molecular weight is 303 g/mol. The van der Waals surface area contributed by atoms with Gasteiger partial charge in [0, 0.05) is 6.04 Å². The summed E-state index contributed by atoms with van der Waals surface area (Å²) in [6.07, 6.45) is 7.41. The minimum atomic E-state index is 0.418. The first-order valence-corrected chi connectivity index (χ1v) is 9.14.